The lowest BCUT2D eigenvalue weighted by Crippen LogP contribution is -2.37. The molecule has 0 atom stereocenters. The van der Waals surface area contributed by atoms with Gasteiger partial charge in [-0.25, -0.2) is 4.98 Å². The van der Waals surface area contributed by atoms with Gasteiger partial charge < -0.3 is 10.2 Å². The number of fused-ring (bicyclic) bond motifs is 1. The molecular formula is C18H25N3. The van der Waals surface area contributed by atoms with Crippen molar-refractivity contribution in [2.75, 3.05) is 31.1 Å². The predicted octanol–water partition coefficient (Wildman–Crippen LogP) is 3.45. The summed E-state index contributed by atoms with van der Waals surface area (Å²) in [5, 5.41) is 4.67. The van der Waals surface area contributed by atoms with Crippen LogP contribution in [0.5, 0.6) is 0 Å². The number of hydrogen-bond donors (Lipinski definition) is 1. The average Bonchev–Trinajstić information content (AvgIpc) is 2.55. The molecule has 0 bridgehead atoms. The van der Waals surface area contributed by atoms with Gasteiger partial charge in [-0.15, -0.1) is 0 Å². The molecule has 0 saturated carbocycles. The van der Waals surface area contributed by atoms with Crippen LogP contribution in [0.25, 0.3) is 10.9 Å². The number of anilines is 1. The van der Waals surface area contributed by atoms with E-state index < -0.39 is 0 Å². The minimum absolute atomic E-state index is 0.797. The van der Waals surface area contributed by atoms with Crippen LogP contribution in [0.3, 0.4) is 0 Å². The molecule has 1 fully saturated rings. The molecule has 21 heavy (non-hydrogen) atoms. The summed E-state index contributed by atoms with van der Waals surface area (Å²) in [5.74, 6) is 1.93. The van der Waals surface area contributed by atoms with Crippen molar-refractivity contribution in [3.63, 3.8) is 0 Å². The van der Waals surface area contributed by atoms with Crippen LogP contribution < -0.4 is 10.2 Å². The van der Waals surface area contributed by atoms with Gasteiger partial charge in [-0.3, -0.25) is 0 Å². The van der Waals surface area contributed by atoms with Crippen molar-refractivity contribution in [2.45, 2.75) is 26.2 Å². The van der Waals surface area contributed by atoms with Gasteiger partial charge in [0.15, 0.2) is 0 Å². The minimum atomic E-state index is 0.797. The molecule has 1 aliphatic heterocycles. The number of hydrogen-bond acceptors (Lipinski definition) is 3. The van der Waals surface area contributed by atoms with Crippen LogP contribution in [0.4, 0.5) is 5.82 Å². The Balaban J connectivity index is 1.80. The van der Waals surface area contributed by atoms with Crippen molar-refractivity contribution in [1.29, 1.82) is 0 Å². The Morgan fingerprint density at radius 3 is 2.76 bits per heavy atom. The third-order valence-electron chi connectivity index (χ3n) is 4.34. The number of benzene rings is 1. The first kappa shape index (κ1) is 14.3. The molecule has 0 spiro atoms. The van der Waals surface area contributed by atoms with Gasteiger partial charge in [0, 0.05) is 18.5 Å². The molecule has 3 nitrogen and oxygen atoms in total. The van der Waals surface area contributed by atoms with Crippen molar-refractivity contribution >= 4 is 16.7 Å². The first-order chi connectivity index (χ1) is 10.4. The number of piperidine rings is 1. The van der Waals surface area contributed by atoms with E-state index in [4.69, 9.17) is 4.98 Å². The summed E-state index contributed by atoms with van der Waals surface area (Å²) in [4.78, 5) is 7.34. The van der Waals surface area contributed by atoms with E-state index >= 15 is 0 Å². The normalized spacial score (nSPS) is 16.2. The highest BCUT2D eigenvalue weighted by atomic mass is 15.2. The highest BCUT2D eigenvalue weighted by molar-refractivity contribution is 5.80. The van der Waals surface area contributed by atoms with Gasteiger partial charge in [-0.2, -0.15) is 0 Å². The minimum Gasteiger partial charge on any atom is -0.356 e. The summed E-state index contributed by atoms with van der Waals surface area (Å²) >= 11 is 0. The highest BCUT2D eigenvalue weighted by Gasteiger charge is 2.17. The second-order valence-corrected chi connectivity index (χ2v) is 6.00. The average molecular weight is 283 g/mol. The standard InChI is InChI=1S/C18H25N3/c1-2-13-21(14-15-9-11-19-12-10-15)18-8-7-16-5-3-4-6-17(16)20-18/h3-8,15,19H,2,9-14H2,1H3. The van der Waals surface area contributed by atoms with E-state index in [9.17, 15) is 0 Å². The van der Waals surface area contributed by atoms with Gasteiger partial charge in [0.05, 0.1) is 5.52 Å². The maximum absolute atomic E-state index is 4.87. The Hall–Kier alpha value is -1.61. The predicted molar refractivity (Wildman–Crippen MR) is 89.8 cm³/mol. The zero-order chi connectivity index (χ0) is 14.5. The summed E-state index contributed by atoms with van der Waals surface area (Å²) in [6, 6.07) is 12.7. The molecule has 2 aromatic rings. The number of rotatable bonds is 5. The molecule has 3 heteroatoms. The van der Waals surface area contributed by atoms with Crippen molar-refractivity contribution in [3.05, 3.63) is 36.4 Å². The lowest BCUT2D eigenvalue weighted by molar-refractivity contribution is 0.373. The molecule has 0 unspecified atom stereocenters. The fourth-order valence-electron chi connectivity index (χ4n) is 3.18. The van der Waals surface area contributed by atoms with Crippen LogP contribution in [-0.2, 0) is 0 Å². The Morgan fingerprint density at radius 1 is 1.14 bits per heavy atom. The van der Waals surface area contributed by atoms with Gasteiger partial charge >= 0.3 is 0 Å². The molecule has 3 rings (SSSR count). The summed E-state index contributed by atoms with van der Waals surface area (Å²) in [6.45, 7) is 6.80. The van der Waals surface area contributed by atoms with Crippen LogP contribution in [0, 0.1) is 5.92 Å². The van der Waals surface area contributed by atoms with E-state index in [-0.39, 0.29) is 0 Å². The fraction of sp³-hybridized carbons (Fsp3) is 0.500. The quantitative estimate of drug-likeness (QED) is 0.911. The highest BCUT2D eigenvalue weighted by Crippen LogP contribution is 2.21. The Bertz CT molecular complexity index is 575. The van der Waals surface area contributed by atoms with Crippen molar-refractivity contribution in [3.8, 4) is 0 Å². The topological polar surface area (TPSA) is 28.2 Å². The lowest BCUT2D eigenvalue weighted by Gasteiger charge is -2.31. The molecule has 2 heterocycles. The fourth-order valence-corrected chi connectivity index (χ4v) is 3.18. The van der Waals surface area contributed by atoms with E-state index in [1.165, 1.54) is 24.6 Å². The van der Waals surface area contributed by atoms with E-state index in [1.807, 2.05) is 0 Å². The van der Waals surface area contributed by atoms with Crippen LogP contribution in [0.15, 0.2) is 36.4 Å². The van der Waals surface area contributed by atoms with Crippen LogP contribution in [0.2, 0.25) is 0 Å². The molecule has 0 aliphatic carbocycles. The van der Waals surface area contributed by atoms with Crippen molar-refractivity contribution < 1.29 is 0 Å². The molecular weight excluding hydrogens is 258 g/mol. The summed E-state index contributed by atoms with van der Waals surface area (Å²) in [5.41, 5.74) is 1.10. The molecule has 1 saturated heterocycles. The summed E-state index contributed by atoms with van der Waals surface area (Å²) in [7, 11) is 0. The maximum Gasteiger partial charge on any atom is 0.129 e. The second-order valence-electron chi connectivity index (χ2n) is 6.00. The third-order valence-corrected chi connectivity index (χ3v) is 4.34. The molecule has 1 aromatic heterocycles. The molecule has 0 radical (unpaired) electrons. The lowest BCUT2D eigenvalue weighted by atomic mass is 9.97. The van der Waals surface area contributed by atoms with Crippen molar-refractivity contribution in [1.82, 2.24) is 10.3 Å². The SMILES string of the molecule is CCCN(CC1CCNCC1)c1ccc2ccccc2n1. The molecule has 1 aliphatic rings. The van der Waals surface area contributed by atoms with Gasteiger partial charge in [0.25, 0.3) is 0 Å². The smallest absolute Gasteiger partial charge is 0.129 e. The first-order valence-electron chi connectivity index (χ1n) is 8.18. The Kier molecular flexibility index (Phi) is 4.71. The van der Waals surface area contributed by atoms with E-state index in [2.05, 4.69) is 53.5 Å². The van der Waals surface area contributed by atoms with E-state index in [1.54, 1.807) is 0 Å². The molecule has 112 valence electrons. The monoisotopic (exact) mass is 283 g/mol. The number of nitrogens with one attached hydrogen (secondary N) is 1. The third kappa shape index (κ3) is 3.53. The zero-order valence-electron chi connectivity index (χ0n) is 12.9. The van der Waals surface area contributed by atoms with Crippen LogP contribution in [0.1, 0.15) is 26.2 Å². The first-order valence-corrected chi connectivity index (χ1v) is 8.18. The summed E-state index contributed by atoms with van der Waals surface area (Å²) < 4.78 is 0. The summed E-state index contributed by atoms with van der Waals surface area (Å²) in [6.07, 6.45) is 3.74. The Labute approximate surface area is 127 Å². The van der Waals surface area contributed by atoms with Gasteiger partial charge in [0.1, 0.15) is 5.82 Å². The maximum atomic E-state index is 4.87. The zero-order valence-corrected chi connectivity index (χ0v) is 12.9. The van der Waals surface area contributed by atoms with Gasteiger partial charge in [-0.1, -0.05) is 25.1 Å². The number of aromatic nitrogens is 1. The molecule has 1 N–H and O–H groups in total. The number of nitrogens with zero attached hydrogens (tertiary/aromatic N) is 2. The van der Waals surface area contributed by atoms with Crippen LogP contribution >= 0.6 is 0 Å². The number of para-hydroxylation sites is 1. The Morgan fingerprint density at radius 2 is 1.95 bits per heavy atom. The number of pyridine rings is 1. The van der Waals surface area contributed by atoms with Gasteiger partial charge in [-0.05, 0) is 56.5 Å². The van der Waals surface area contributed by atoms with E-state index in [0.29, 0.717) is 0 Å². The van der Waals surface area contributed by atoms with Crippen LogP contribution in [-0.4, -0.2) is 31.2 Å². The second kappa shape index (κ2) is 6.90. The van der Waals surface area contributed by atoms with Crippen molar-refractivity contribution in [2.24, 2.45) is 5.92 Å². The molecule has 1 aromatic carbocycles. The largest absolute Gasteiger partial charge is 0.356 e. The van der Waals surface area contributed by atoms with Gasteiger partial charge in [0.2, 0.25) is 0 Å². The van der Waals surface area contributed by atoms with E-state index in [0.717, 1.165) is 43.4 Å². The molecule has 0 amide bonds.